The Morgan fingerprint density at radius 3 is 1.42 bits per heavy atom. The Morgan fingerprint density at radius 1 is 0.656 bits per heavy atom. The summed E-state index contributed by atoms with van der Waals surface area (Å²) in [4.78, 5) is 69.4. The molecule has 4 aliphatic rings. The first-order valence-corrected chi connectivity index (χ1v) is 21.5. The lowest BCUT2D eigenvalue weighted by Crippen LogP contribution is -2.45. The zero-order valence-corrected chi connectivity index (χ0v) is 36.6. The topological polar surface area (TPSA) is 224 Å². The number of aromatic nitrogens is 4. The van der Waals surface area contributed by atoms with Crippen molar-refractivity contribution in [3.05, 3.63) is 103 Å². The number of carbonyl (C=O) groups is 2. The fraction of sp³-hybridized carbons (Fsp3) is 0.478. The van der Waals surface area contributed by atoms with Gasteiger partial charge in [-0.2, -0.15) is 0 Å². The van der Waals surface area contributed by atoms with Crippen molar-refractivity contribution in [1.29, 1.82) is 0 Å². The summed E-state index contributed by atoms with van der Waals surface area (Å²) in [5, 5.41) is 22.0. The summed E-state index contributed by atoms with van der Waals surface area (Å²) in [5.41, 5.74) is 5.05. The van der Waals surface area contributed by atoms with E-state index in [0.717, 1.165) is 22.3 Å². The van der Waals surface area contributed by atoms with E-state index in [9.17, 15) is 29.4 Å². The highest BCUT2D eigenvalue weighted by molar-refractivity contribution is 6.15. The minimum Gasteiger partial charge on any atom is -0.493 e. The van der Waals surface area contributed by atoms with Gasteiger partial charge in [-0.15, -0.1) is 0 Å². The molecule has 2 aliphatic carbocycles. The largest absolute Gasteiger partial charge is 0.493 e. The smallest absolute Gasteiger partial charge is 0.347 e. The zero-order valence-electron chi connectivity index (χ0n) is 36.6. The summed E-state index contributed by atoms with van der Waals surface area (Å²) in [6, 6.07) is 7.06. The summed E-state index contributed by atoms with van der Waals surface area (Å²) in [5.74, 6) is -0.688. The van der Waals surface area contributed by atoms with Gasteiger partial charge in [0.25, 0.3) is 0 Å². The van der Waals surface area contributed by atoms with Gasteiger partial charge >= 0.3 is 23.3 Å². The van der Waals surface area contributed by atoms with Crippen molar-refractivity contribution < 1.29 is 48.2 Å². The van der Waals surface area contributed by atoms with Crippen LogP contribution in [0.5, 0.6) is 23.0 Å². The van der Waals surface area contributed by atoms with Gasteiger partial charge in [0.05, 0.1) is 50.9 Å². The summed E-state index contributed by atoms with van der Waals surface area (Å²) >= 11 is 0. The van der Waals surface area contributed by atoms with Gasteiger partial charge < -0.3 is 47.8 Å². The number of ether oxygens (including phenoxy) is 6. The summed E-state index contributed by atoms with van der Waals surface area (Å²) < 4.78 is 37.5. The van der Waals surface area contributed by atoms with Crippen LogP contribution >= 0.6 is 0 Å². The number of methoxy groups -OCH3 is 2. The molecule has 4 heterocycles. The van der Waals surface area contributed by atoms with Gasteiger partial charge in [-0.1, -0.05) is 0 Å². The highest BCUT2D eigenvalue weighted by Crippen LogP contribution is 2.47. The first-order valence-electron chi connectivity index (χ1n) is 21.5. The number of esters is 2. The number of hydrogen-bond donors (Lipinski definition) is 2. The summed E-state index contributed by atoms with van der Waals surface area (Å²) in [7, 11) is 6.33. The van der Waals surface area contributed by atoms with Gasteiger partial charge in [-0.3, -0.25) is 9.98 Å². The Kier molecular flexibility index (Phi) is 12.7. The van der Waals surface area contributed by atoms with Crippen LogP contribution in [0.1, 0.15) is 97.6 Å². The SMILES string of the molecule is CCOc1cc2c(cc1OC)C(c1cnc(=O)n(C)c1)=N[C@H]1CC[C@H](OC(=O)C(O)C(O)C(=O)O[C@H]3CC[C@@H]4N=C(c5cnc(=O)n(C)c5)c5cc(OC)c(OCC)cc5[C@@H]4C3)C[C@@H]21. The lowest BCUT2D eigenvalue weighted by atomic mass is 9.74. The van der Waals surface area contributed by atoms with Gasteiger partial charge in [0.15, 0.2) is 35.2 Å². The van der Waals surface area contributed by atoms with Gasteiger partial charge in [0.2, 0.25) is 0 Å². The molecule has 338 valence electrons. The minimum atomic E-state index is -2.20. The second-order valence-corrected chi connectivity index (χ2v) is 16.5. The van der Waals surface area contributed by atoms with Crippen LogP contribution in [0.15, 0.2) is 68.6 Å². The van der Waals surface area contributed by atoms with Crippen LogP contribution in [-0.2, 0) is 33.2 Å². The lowest BCUT2D eigenvalue weighted by molar-refractivity contribution is -0.180. The van der Waals surface area contributed by atoms with E-state index in [1.165, 1.54) is 21.5 Å². The van der Waals surface area contributed by atoms with Gasteiger partial charge in [0, 0.05) is 73.0 Å². The van der Waals surface area contributed by atoms with Crippen molar-refractivity contribution in [3.63, 3.8) is 0 Å². The Bertz CT molecular complexity index is 2460. The fourth-order valence-electron chi connectivity index (χ4n) is 9.38. The van der Waals surface area contributed by atoms with Crippen molar-refractivity contribution in [3.8, 4) is 23.0 Å². The highest BCUT2D eigenvalue weighted by Gasteiger charge is 2.43. The molecule has 8 atom stereocenters. The van der Waals surface area contributed by atoms with Gasteiger partial charge in [-0.25, -0.2) is 29.1 Å². The molecule has 0 spiro atoms. The maximum Gasteiger partial charge on any atom is 0.347 e. The zero-order chi connectivity index (χ0) is 45.4. The van der Waals surface area contributed by atoms with Crippen molar-refractivity contribution in [2.75, 3.05) is 27.4 Å². The molecule has 0 amide bonds. The Morgan fingerprint density at radius 2 is 1.06 bits per heavy atom. The number of nitrogens with zero attached hydrogens (tertiary/aromatic N) is 6. The molecule has 18 heteroatoms. The van der Waals surface area contributed by atoms with Crippen LogP contribution in [0.4, 0.5) is 0 Å². The molecular weight excluding hydrogens is 829 g/mol. The molecule has 18 nitrogen and oxygen atoms in total. The molecule has 0 saturated heterocycles. The normalized spacial score (nSPS) is 23.1. The number of aryl methyl sites for hydroxylation is 2. The van der Waals surface area contributed by atoms with Crippen LogP contribution in [0.25, 0.3) is 0 Å². The molecule has 8 rings (SSSR count). The number of fused-ring (bicyclic) bond motifs is 6. The van der Waals surface area contributed by atoms with Crippen LogP contribution in [0.2, 0.25) is 0 Å². The third-order valence-corrected chi connectivity index (χ3v) is 12.5. The lowest BCUT2D eigenvalue weighted by Gasteiger charge is -2.39. The van der Waals surface area contributed by atoms with Crippen molar-refractivity contribution in [2.24, 2.45) is 24.1 Å². The van der Waals surface area contributed by atoms with Crippen molar-refractivity contribution >= 4 is 23.4 Å². The first-order chi connectivity index (χ1) is 30.8. The maximum atomic E-state index is 13.4. The fourth-order valence-corrected chi connectivity index (χ4v) is 9.38. The van der Waals surface area contributed by atoms with E-state index >= 15 is 0 Å². The number of rotatable bonds is 13. The average molecular weight is 881 g/mol. The molecule has 0 radical (unpaired) electrons. The molecule has 2 aromatic carbocycles. The highest BCUT2D eigenvalue weighted by atomic mass is 16.6. The summed E-state index contributed by atoms with van der Waals surface area (Å²) in [6.45, 7) is 4.53. The standard InChI is InChI=1S/C46H52N6O12/c1-7-61-37-15-27-29-13-25(9-11-33(29)49-39(31(27)17-35(37)59-5)23-19-47-45(57)51(3)21-23)63-43(55)41(53)42(54)44(56)64-26-10-12-34-30(14-26)28-16-38(62-8-2)36(60-6)18-32(28)40(50-34)24-20-48-46(58)52(4)22-24/h15-22,25-26,29-30,33-34,41-42,53-54H,7-14H2,1-6H3/t25-,26-,29-,30-,33-,34-,41?,42?/m0/s1. The maximum absolute atomic E-state index is 13.4. The minimum absolute atomic E-state index is 0.218. The monoisotopic (exact) mass is 880 g/mol. The molecule has 2 unspecified atom stereocenters. The van der Waals surface area contributed by atoms with E-state index < -0.39 is 47.7 Å². The number of aliphatic hydroxyl groups excluding tert-OH is 2. The van der Waals surface area contributed by atoms with Crippen LogP contribution in [0.3, 0.4) is 0 Å². The predicted molar refractivity (Wildman–Crippen MR) is 231 cm³/mol. The number of aliphatic hydroxyl groups is 2. The molecule has 64 heavy (non-hydrogen) atoms. The Hall–Kier alpha value is -6.40. The van der Waals surface area contributed by atoms with E-state index in [-0.39, 0.29) is 23.9 Å². The van der Waals surface area contributed by atoms with Crippen LogP contribution in [-0.4, -0.2) is 117 Å². The number of benzene rings is 2. The first kappa shape index (κ1) is 44.2. The third kappa shape index (κ3) is 8.51. The van der Waals surface area contributed by atoms with E-state index in [1.54, 1.807) is 40.7 Å². The van der Waals surface area contributed by atoms with E-state index in [1.807, 2.05) is 38.1 Å². The van der Waals surface area contributed by atoms with E-state index in [2.05, 4.69) is 9.97 Å². The van der Waals surface area contributed by atoms with E-state index in [0.29, 0.717) is 97.3 Å². The van der Waals surface area contributed by atoms with Crippen molar-refractivity contribution in [2.45, 2.75) is 101 Å². The predicted octanol–water partition coefficient (Wildman–Crippen LogP) is 2.91. The van der Waals surface area contributed by atoms with Crippen LogP contribution in [0, 0.1) is 0 Å². The average Bonchev–Trinajstić information content (AvgIpc) is 3.29. The third-order valence-electron chi connectivity index (χ3n) is 12.5. The van der Waals surface area contributed by atoms with Gasteiger partial charge in [0.1, 0.15) is 12.2 Å². The molecule has 0 bridgehead atoms. The number of carbonyl (C=O) groups excluding carboxylic acids is 2. The Balaban J connectivity index is 0.958. The quantitative estimate of drug-likeness (QED) is 0.184. The van der Waals surface area contributed by atoms with E-state index in [4.69, 9.17) is 38.4 Å². The molecule has 2 aliphatic heterocycles. The summed E-state index contributed by atoms with van der Waals surface area (Å²) in [6.07, 6.45) is 3.13. The number of hydrogen-bond acceptors (Lipinski definition) is 16. The van der Waals surface area contributed by atoms with Crippen molar-refractivity contribution in [1.82, 2.24) is 19.1 Å². The molecular formula is C46H52N6O12. The Labute approximate surface area is 368 Å². The molecule has 4 aromatic rings. The number of aliphatic imine (C=N–C) groups is 2. The molecule has 2 aromatic heterocycles. The van der Waals surface area contributed by atoms with Gasteiger partial charge in [-0.05, 0) is 87.8 Å². The second kappa shape index (κ2) is 18.4. The molecule has 2 fully saturated rings. The molecule has 2 saturated carbocycles. The molecule has 2 N–H and O–H groups in total. The second-order valence-electron chi connectivity index (χ2n) is 16.5. The van der Waals surface area contributed by atoms with Crippen LogP contribution < -0.4 is 30.3 Å².